The van der Waals surface area contributed by atoms with Gasteiger partial charge < -0.3 is 4.74 Å². The van der Waals surface area contributed by atoms with Crippen molar-refractivity contribution < 1.29 is 4.74 Å². The van der Waals surface area contributed by atoms with Crippen molar-refractivity contribution in [1.82, 2.24) is 0 Å². The smallest absolute Gasteiger partial charge is 0.0640 e. The summed E-state index contributed by atoms with van der Waals surface area (Å²) in [6, 6.07) is 0. The maximum absolute atomic E-state index is 6.11. The van der Waals surface area contributed by atoms with Crippen LogP contribution in [0.5, 0.6) is 0 Å². The summed E-state index contributed by atoms with van der Waals surface area (Å²) in [6.45, 7) is 9.33. The van der Waals surface area contributed by atoms with E-state index < -0.39 is 0 Å². The summed E-state index contributed by atoms with van der Waals surface area (Å²) in [5, 5.41) is 0. The van der Waals surface area contributed by atoms with Crippen LogP contribution in [0.3, 0.4) is 0 Å². The molecule has 0 spiro atoms. The fourth-order valence-corrected chi connectivity index (χ4v) is 4.71. The average Bonchev–Trinajstić information content (AvgIpc) is 2.53. The molecule has 0 saturated heterocycles. The Hall–Kier alpha value is -0.0400. The predicted molar refractivity (Wildman–Crippen MR) is 57.1 cm³/mol. The lowest BCUT2D eigenvalue weighted by atomic mass is 9.75. The van der Waals surface area contributed by atoms with Crippen molar-refractivity contribution in [2.24, 2.45) is 22.7 Å². The van der Waals surface area contributed by atoms with Gasteiger partial charge in [-0.25, -0.2) is 0 Å². The highest BCUT2D eigenvalue weighted by molar-refractivity contribution is 5.27. The minimum Gasteiger partial charge on any atom is -0.375 e. The van der Waals surface area contributed by atoms with Crippen LogP contribution in [-0.4, -0.2) is 12.2 Å². The first-order valence-corrected chi connectivity index (χ1v) is 6.15. The molecule has 14 heavy (non-hydrogen) atoms. The monoisotopic (exact) mass is 194 g/mol. The highest BCUT2D eigenvalue weighted by Gasteiger charge is 2.79. The summed E-state index contributed by atoms with van der Waals surface area (Å²) in [6.07, 6.45) is 5.17. The number of hydrogen-bond donors (Lipinski definition) is 0. The van der Waals surface area contributed by atoms with E-state index in [0.717, 1.165) is 11.8 Å². The van der Waals surface area contributed by atoms with Crippen LogP contribution >= 0.6 is 0 Å². The fraction of sp³-hybridized carbons (Fsp3) is 1.00. The van der Waals surface area contributed by atoms with E-state index in [1.54, 1.807) is 0 Å². The van der Waals surface area contributed by atoms with Crippen molar-refractivity contribution >= 4 is 0 Å². The molecule has 3 aliphatic carbocycles. The lowest BCUT2D eigenvalue weighted by Crippen LogP contribution is -2.36. The fourth-order valence-electron chi connectivity index (χ4n) is 4.71. The Kier molecular flexibility index (Phi) is 1.56. The van der Waals surface area contributed by atoms with Crippen LogP contribution in [-0.2, 0) is 4.74 Å². The molecule has 3 aliphatic rings. The van der Waals surface area contributed by atoms with Gasteiger partial charge in [0.2, 0.25) is 0 Å². The molecule has 0 heterocycles. The molecule has 0 radical (unpaired) electrons. The molecule has 3 saturated carbocycles. The maximum Gasteiger partial charge on any atom is 0.0640 e. The highest BCUT2D eigenvalue weighted by atomic mass is 16.5. The average molecular weight is 194 g/mol. The van der Waals surface area contributed by atoms with E-state index in [1.807, 2.05) is 0 Å². The maximum atomic E-state index is 6.11. The van der Waals surface area contributed by atoms with E-state index >= 15 is 0 Å². The van der Waals surface area contributed by atoms with E-state index in [9.17, 15) is 0 Å². The molecule has 0 aromatic heterocycles. The van der Waals surface area contributed by atoms with Gasteiger partial charge in [0.1, 0.15) is 0 Å². The third kappa shape index (κ3) is 0.778. The molecule has 5 atom stereocenters. The lowest BCUT2D eigenvalue weighted by Gasteiger charge is -2.36. The Labute approximate surface area is 87.2 Å². The largest absolute Gasteiger partial charge is 0.375 e. The zero-order valence-electron chi connectivity index (χ0n) is 9.84. The third-order valence-electron chi connectivity index (χ3n) is 5.74. The molecule has 3 rings (SSSR count). The summed E-state index contributed by atoms with van der Waals surface area (Å²) in [5.41, 5.74) is 1.17. The summed E-state index contributed by atoms with van der Waals surface area (Å²) in [5.74, 6) is 2.06. The first kappa shape index (κ1) is 9.21. The minimum absolute atomic E-state index is 0.400. The standard InChI is InChI=1S/C13H22O/c1-8(2)14-11-7-10-9-5-6-12(11,3)13(9,10)4/h8-11H,5-7H2,1-4H3. The molecule has 1 heteroatoms. The molecule has 0 N–H and O–H groups in total. The van der Waals surface area contributed by atoms with E-state index in [2.05, 4.69) is 27.7 Å². The molecule has 80 valence electrons. The summed E-state index contributed by atoms with van der Waals surface area (Å²) >= 11 is 0. The van der Waals surface area contributed by atoms with Crippen molar-refractivity contribution in [1.29, 1.82) is 0 Å². The predicted octanol–water partition coefficient (Wildman–Crippen LogP) is 3.24. The Morgan fingerprint density at radius 2 is 1.93 bits per heavy atom. The molecular weight excluding hydrogens is 172 g/mol. The van der Waals surface area contributed by atoms with Crippen LogP contribution in [0, 0.1) is 22.7 Å². The molecule has 5 unspecified atom stereocenters. The van der Waals surface area contributed by atoms with Gasteiger partial charge in [-0.2, -0.15) is 0 Å². The van der Waals surface area contributed by atoms with Crippen LogP contribution in [0.25, 0.3) is 0 Å². The third-order valence-corrected chi connectivity index (χ3v) is 5.74. The first-order chi connectivity index (χ1) is 6.50. The summed E-state index contributed by atoms with van der Waals surface area (Å²) in [7, 11) is 0. The summed E-state index contributed by atoms with van der Waals surface area (Å²) < 4.78 is 6.11. The molecule has 0 bridgehead atoms. The highest BCUT2D eigenvalue weighted by Crippen LogP contribution is 2.83. The van der Waals surface area contributed by atoms with Crippen molar-refractivity contribution in [3.63, 3.8) is 0 Å². The van der Waals surface area contributed by atoms with Gasteiger partial charge in [-0.05, 0) is 55.8 Å². The molecule has 3 fully saturated rings. The van der Waals surface area contributed by atoms with Gasteiger partial charge in [-0.1, -0.05) is 13.8 Å². The quantitative estimate of drug-likeness (QED) is 0.655. The van der Waals surface area contributed by atoms with E-state index in [1.165, 1.54) is 19.3 Å². The zero-order valence-corrected chi connectivity index (χ0v) is 9.84. The first-order valence-electron chi connectivity index (χ1n) is 6.15. The lowest BCUT2D eigenvalue weighted by molar-refractivity contribution is -0.0670. The van der Waals surface area contributed by atoms with Crippen molar-refractivity contribution in [3.8, 4) is 0 Å². The van der Waals surface area contributed by atoms with Gasteiger partial charge in [0, 0.05) is 0 Å². The van der Waals surface area contributed by atoms with Gasteiger partial charge in [-0.15, -0.1) is 0 Å². The molecule has 1 nitrogen and oxygen atoms in total. The van der Waals surface area contributed by atoms with E-state index in [4.69, 9.17) is 4.74 Å². The number of ether oxygens (including phenoxy) is 1. The second-order valence-corrected chi connectivity index (χ2v) is 6.36. The topological polar surface area (TPSA) is 9.23 Å². The van der Waals surface area contributed by atoms with Crippen molar-refractivity contribution in [2.45, 2.75) is 59.2 Å². The van der Waals surface area contributed by atoms with Gasteiger partial charge in [0.25, 0.3) is 0 Å². The Balaban J connectivity index is 1.86. The normalized spacial score (nSPS) is 59.4. The zero-order chi connectivity index (χ0) is 10.1. The van der Waals surface area contributed by atoms with Crippen LogP contribution in [0.2, 0.25) is 0 Å². The number of hydrogen-bond acceptors (Lipinski definition) is 1. The molecular formula is C13H22O. The van der Waals surface area contributed by atoms with E-state index in [-0.39, 0.29) is 0 Å². The van der Waals surface area contributed by atoms with Crippen molar-refractivity contribution in [3.05, 3.63) is 0 Å². The van der Waals surface area contributed by atoms with Crippen LogP contribution in [0.4, 0.5) is 0 Å². The number of fused-ring (bicyclic) bond motifs is 1. The van der Waals surface area contributed by atoms with Crippen molar-refractivity contribution in [2.75, 3.05) is 0 Å². The Morgan fingerprint density at radius 3 is 2.50 bits per heavy atom. The van der Waals surface area contributed by atoms with Gasteiger partial charge in [-0.3, -0.25) is 0 Å². The minimum atomic E-state index is 0.400. The van der Waals surface area contributed by atoms with Crippen LogP contribution < -0.4 is 0 Å². The van der Waals surface area contributed by atoms with Crippen LogP contribution in [0.1, 0.15) is 47.0 Å². The second kappa shape index (κ2) is 2.37. The van der Waals surface area contributed by atoms with E-state index in [0.29, 0.717) is 23.0 Å². The van der Waals surface area contributed by atoms with Crippen LogP contribution in [0.15, 0.2) is 0 Å². The summed E-state index contributed by atoms with van der Waals surface area (Å²) in [4.78, 5) is 0. The van der Waals surface area contributed by atoms with Gasteiger partial charge in [0.15, 0.2) is 0 Å². The Bertz CT molecular complexity index is 272. The second-order valence-electron chi connectivity index (χ2n) is 6.36. The Morgan fingerprint density at radius 1 is 1.21 bits per heavy atom. The number of rotatable bonds is 2. The molecule has 0 amide bonds. The van der Waals surface area contributed by atoms with Gasteiger partial charge in [0.05, 0.1) is 12.2 Å². The molecule has 0 aromatic carbocycles. The van der Waals surface area contributed by atoms with Gasteiger partial charge >= 0.3 is 0 Å². The SMILES string of the molecule is CC(C)OC1CC2C3CCC1(C)C32C. The molecule has 0 aliphatic heterocycles. The molecule has 0 aromatic rings.